The van der Waals surface area contributed by atoms with Crippen LogP contribution in [0.2, 0.25) is 0 Å². The Balaban J connectivity index is 4.44. The molecular formula is C69H116O6. The zero-order valence-electron chi connectivity index (χ0n) is 49.0. The highest BCUT2D eigenvalue weighted by Crippen LogP contribution is 2.15. The minimum absolute atomic E-state index is 0.0943. The van der Waals surface area contributed by atoms with E-state index in [1.807, 2.05) is 0 Å². The quantitative estimate of drug-likeness (QED) is 0.0261. The van der Waals surface area contributed by atoms with E-state index in [0.29, 0.717) is 19.3 Å². The molecule has 6 heteroatoms. The van der Waals surface area contributed by atoms with Gasteiger partial charge < -0.3 is 14.2 Å². The minimum Gasteiger partial charge on any atom is -0.462 e. The van der Waals surface area contributed by atoms with Crippen molar-refractivity contribution in [3.05, 3.63) is 109 Å². The molecule has 0 bridgehead atoms. The van der Waals surface area contributed by atoms with Crippen LogP contribution in [0.4, 0.5) is 0 Å². The number of unbranched alkanes of at least 4 members (excludes halogenated alkanes) is 27. The standard InChI is InChI=1S/C69H116O6/c1-4-7-10-13-16-19-22-25-28-30-32-34-36-38-41-44-47-50-53-56-59-62-68(71)74-65-66(64-73-67(70)61-58-55-52-49-46-43-40-27-24-21-18-15-12-9-6-3)75-69(72)63-60-57-54-51-48-45-42-39-37-35-33-31-29-26-23-20-17-14-11-8-5-2/h7,10,16,18-19,21,23,25-28,31-34,38,40-41,66H,4-6,8-9,11-15,17,20,22,24,29-30,35-37,39,42-65H2,1-3H3/b10-7-,19-16-,21-18-,26-23-,28-25-,33-31-,34-32-,40-27-,41-38-. The molecule has 0 spiro atoms. The third-order valence-corrected chi connectivity index (χ3v) is 13.2. The topological polar surface area (TPSA) is 78.9 Å². The molecule has 428 valence electrons. The van der Waals surface area contributed by atoms with Gasteiger partial charge in [-0.05, 0) is 128 Å². The lowest BCUT2D eigenvalue weighted by molar-refractivity contribution is -0.167. The Kier molecular flexibility index (Phi) is 59.3. The molecule has 0 rings (SSSR count). The monoisotopic (exact) mass is 1040 g/mol. The number of hydrogen-bond acceptors (Lipinski definition) is 6. The number of carbonyl (C=O) groups excluding carboxylic acids is 3. The largest absolute Gasteiger partial charge is 0.462 e. The Morgan fingerprint density at radius 2 is 0.520 bits per heavy atom. The number of ether oxygens (including phenoxy) is 3. The fraction of sp³-hybridized carbons (Fsp3) is 0.696. The van der Waals surface area contributed by atoms with E-state index in [2.05, 4.69) is 130 Å². The number of allylic oxidation sites excluding steroid dienone is 18. The van der Waals surface area contributed by atoms with Crippen LogP contribution in [0.25, 0.3) is 0 Å². The summed E-state index contributed by atoms with van der Waals surface area (Å²) in [5.74, 6) is -0.924. The van der Waals surface area contributed by atoms with E-state index in [9.17, 15) is 14.4 Å². The zero-order chi connectivity index (χ0) is 54.3. The molecule has 0 saturated carbocycles. The van der Waals surface area contributed by atoms with E-state index in [-0.39, 0.29) is 31.1 Å². The van der Waals surface area contributed by atoms with Gasteiger partial charge in [-0.15, -0.1) is 0 Å². The third kappa shape index (κ3) is 60.8. The van der Waals surface area contributed by atoms with Gasteiger partial charge in [-0.25, -0.2) is 0 Å². The molecule has 0 saturated heterocycles. The summed E-state index contributed by atoms with van der Waals surface area (Å²) in [6, 6.07) is 0. The molecule has 0 fully saturated rings. The molecule has 0 aliphatic heterocycles. The van der Waals surface area contributed by atoms with Crippen molar-refractivity contribution in [3.63, 3.8) is 0 Å². The van der Waals surface area contributed by atoms with Crippen molar-refractivity contribution in [2.45, 2.75) is 297 Å². The van der Waals surface area contributed by atoms with Gasteiger partial charge in [-0.2, -0.15) is 0 Å². The van der Waals surface area contributed by atoms with E-state index in [1.165, 1.54) is 109 Å². The van der Waals surface area contributed by atoms with Crippen LogP contribution in [-0.2, 0) is 28.6 Å². The average Bonchev–Trinajstić information content (AvgIpc) is 3.41. The van der Waals surface area contributed by atoms with Crippen molar-refractivity contribution in [1.82, 2.24) is 0 Å². The van der Waals surface area contributed by atoms with Crippen molar-refractivity contribution < 1.29 is 28.6 Å². The lowest BCUT2D eigenvalue weighted by Crippen LogP contribution is -2.30. The maximum absolute atomic E-state index is 12.9. The Bertz CT molecular complexity index is 1520. The Morgan fingerprint density at radius 3 is 0.840 bits per heavy atom. The lowest BCUT2D eigenvalue weighted by Gasteiger charge is -2.18. The second-order valence-corrected chi connectivity index (χ2v) is 20.6. The smallest absolute Gasteiger partial charge is 0.306 e. The van der Waals surface area contributed by atoms with Crippen molar-refractivity contribution in [2.24, 2.45) is 0 Å². The SMILES string of the molecule is CC/C=C\C/C=C\C/C=C\C/C=C\C/C=C\CCCCCCCC(=O)OCC(COC(=O)CCCCCCC/C=C\C/C=C\CCCCC)OC(=O)CCCCCCCCCCC/C=C\C/C=C\CCCCCCC. The molecular weight excluding hydrogens is 925 g/mol. The maximum atomic E-state index is 12.9. The lowest BCUT2D eigenvalue weighted by atomic mass is 10.1. The van der Waals surface area contributed by atoms with Crippen LogP contribution in [0.1, 0.15) is 290 Å². The molecule has 75 heavy (non-hydrogen) atoms. The zero-order valence-corrected chi connectivity index (χ0v) is 49.0. The summed E-state index contributed by atoms with van der Waals surface area (Å²) >= 11 is 0. The van der Waals surface area contributed by atoms with Gasteiger partial charge in [0.25, 0.3) is 0 Å². The Labute approximate surface area is 463 Å². The molecule has 0 heterocycles. The first kappa shape index (κ1) is 71.1. The molecule has 0 radical (unpaired) electrons. The van der Waals surface area contributed by atoms with Gasteiger partial charge in [0.1, 0.15) is 13.2 Å². The van der Waals surface area contributed by atoms with E-state index < -0.39 is 6.10 Å². The molecule has 0 amide bonds. The Hall–Kier alpha value is -3.93. The van der Waals surface area contributed by atoms with Crippen LogP contribution in [0, 0.1) is 0 Å². The van der Waals surface area contributed by atoms with Crippen molar-refractivity contribution in [1.29, 1.82) is 0 Å². The van der Waals surface area contributed by atoms with Gasteiger partial charge >= 0.3 is 17.9 Å². The summed E-state index contributed by atoms with van der Waals surface area (Å²) in [5, 5.41) is 0. The predicted octanol–water partition coefficient (Wildman–Crippen LogP) is 21.4. The van der Waals surface area contributed by atoms with Crippen LogP contribution < -0.4 is 0 Å². The molecule has 0 aromatic heterocycles. The van der Waals surface area contributed by atoms with E-state index in [0.717, 1.165) is 141 Å². The van der Waals surface area contributed by atoms with Crippen molar-refractivity contribution in [2.75, 3.05) is 13.2 Å². The van der Waals surface area contributed by atoms with Crippen LogP contribution in [0.5, 0.6) is 0 Å². The predicted molar refractivity (Wildman–Crippen MR) is 325 cm³/mol. The Morgan fingerprint density at radius 1 is 0.280 bits per heavy atom. The average molecular weight is 1040 g/mol. The summed E-state index contributed by atoms with van der Waals surface area (Å²) in [6.07, 6.45) is 85.1. The van der Waals surface area contributed by atoms with E-state index in [4.69, 9.17) is 14.2 Å². The second-order valence-electron chi connectivity index (χ2n) is 20.6. The molecule has 0 N–H and O–H groups in total. The number of carbonyl (C=O) groups is 3. The molecule has 1 atom stereocenters. The number of rotatable bonds is 56. The van der Waals surface area contributed by atoms with Crippen LogP contribution in [0.15, 0.2) is 109 Å². The highest BCUT2D eigenvalue weighted by molar-refractivity contribution is 5.71. The van der Waals surface area contributed by atoms with E-state index >= 15 is 0 Å². The van der Waals surface area contributed by atoms with Crippen LogP contribution in [0.3, 0.4) is 0 Å². The molecule has 0 aliphatic carbocycles. The number of esters is 3. The second kappa shape index (κ2) is 62.6. The fourth-order valence-corrected chi connectivity index (χ4v) is 8.53. The van der Waals surface area contributed by atoms with Gasteiger partial charge in [-0.1, -0.05) is 252 Å². The van der Waals surface area contributed by atoms with Crippen molar-refractivity contribution >= 4 is 17.9 Å². The first-order valence-corrected chi connectivity index (χ1v) is 31.4. The first-order valence-electron chi connectivity index (χ1n) is 31.4. The summed E-state index contributed by atoms with van der Waals surface area (Å²) in [4.78, 5) is 38.3. The fourth-order valence-electron chi connectivity index (χ4n) is 8.53. The molecule has 0 aromatic rings. The van der Waals surface area contributed by atoms with E-state index in [1.54, 1.807) is 0 Å². The number of hydrogen-bond donors (Lipinski definition) is 0. The van der Waals surface area contributed by atoms with Gasteiger partial charge in [0.2, 0.25) is 0 Å². The molecule has 6 nitrogen and oxygen atoms in total. The van der Waals surface area contributed by atoms with Crippen LogP contribution in [-0.4, -0.2) is 37.2 Å². The van der Waals surface area contributed by atoms with Gasteiger partial charge in [0, 0.05) is 19.3 Å². The minimum atomic E-state index is -0.798. The van der Waals surface area contributed by atoms with Crippen molar-refractivity contribution in [3.8, 4) is 0 Å². The first-order chi connectivity index (χ1) is 37.0. The molecule has 0 aliphatic rings. The normalized spacial score (nSPS) is 12.8. The molecule has 1 unspecified atom stereocenters. The summed E-state index contributed by atoms with van der Waals surface area (Å²) < 4.78 is 16.9. The highest BCUT2D eigenvalue weighted by atomic mass is 16.6. The highest BCUT2D eigenvalue weighted by Gasteiger charge is 2.19. The van der Waals surface area contributed by atoms with Gasteiger partial charge in [0.05, 0.1) is 0 Å². The summed E-state index contributed by atoms with van der Waals surface area (Å²) in [5.41, 5.74) is 0. The summed E-state index contributed by atoms with van der Waals surface area (Å²) in [7, 11) is 0. The maximum Gasteiger partial charge on any atom is 0.306 e. The third-order valence-electron chi connectivity index (χ3n) is 13.2. The van der Waals surface area contributed by atoms with Gasteiger partial charge in [0.15, 0.2) is 6.10 Å². The summed E-state index contributed by atoms with van der Waals surface area (Å²) in [6.45, 7) is 6.47. The molecule has 0 aromatic carbocycles. The van der Waals surface area contributed by atoms with Crippen LogP contribution >= 0.6 is 0 Å². The van der Waals surface area contributed by atoms with Gasteiger partial charge in [-0.3, -0.25) is 14.4 Å².